The van der Waals surface area contributed by atoms with Crippen molar-refractivity contribution in [3.63, 3.8) is 0 Å². The molecule has 1 saturated heterocycles. The van der Waals surface area contributed by atoms with E-state index in [9.17, 15) is 28.7 Å². The third-order valence-corrected chi connectivity index (χ3v) is 5.89. The number of aromatic hydroxyl groups is 1. The zero-order valence-corrected chi connectivity index (χ0v) is 22.6. The topological polar surface area (TPSA) is 161 Å². The Morgan fingerprint density at radius 1 is 0.897 bits per heavy atom. The van der Waals surface area contributed by atoms with Crippen molar-refractivity contribution < 1.29 is 52.4 Å². The average molecular weight is 556 g/mol. The molecule has 0 aliphatic carbocycles. The fraction of sp³-hybridized carbons (Fsp3) is 0.630. The van der Waals surface area contributed by atoms with Gasteiger partial charge in [0.05, 0.1) is 6.61 Å². The summed E-state index contributed by atoms with van der Waals surface area (Å²) in [6.07, 6.45) is -4.40. The maximum atomic E-state index is 14.1. The highest BCUT2D eigenvalue weighted by Gasteiger charge is 2.51. The van der Waals surface area contributed by atoms with E-state index in [0.717, 1.165) is 0 Å². The van der Waals surface area contributed by atoms with Crippen molar-refractivity contribution in [1.82, 2.24) is 0 Å². The smallest absolute Gasteiger partial charge is 0.331 e. The van der Waals surface area contributed by atoms with Crippen LogP contribution in [0.2, 0.25) is 0 Å². The van der Waals surface area contributed by atoms with Gasteiger partial charge in [-0.3, -0.25) is 14.4 Å². The van der Waals surface area contributed by atoms with Crippen molar-refractivity contribution in [2.45, 2.75) is 95.9 Å². The lowest BCUT2D eigenvalue weighted by Crippen LogP contribution is -2.61. The summed E-state index contributed by atoms with van der Waals surface area (Å²) >= 11 is 0. The van der Waals surface area contributed by atoms with Gasteiger partial charge in [0, 0.05) is 25.7 Å². The number of halogens is 1. The molecule has 3 N–H and O–H groups in total. The molecule has 1 aromatic carbocycles. The first-order valence-corrected chi connectivity index (χ1v) is 13.1. The number of alkyl halides is 1. The van der Waals surface area contributed by atoms with Crippen molar-refractivity contribution in [1.29, 1.82) is 0 Å². The number of hydrogen-bond donors (Lipinski definition) is 2. The third kappa shape index (κ3) is 9.47. The van der Waals surface area contributed by atoms with E-state index in [-0.39, 0.29) is 38.0 Å². The van der Waals surface area contributed by atoms with Gasteiger partial charge in [0.15, 0.2) is 12.2 Å². The highest BCUT2D eigenvalue weighted by molar-refractivity contribution is 5.81. The van der Waals surface area contributed by atoms with Gasteiger partial charge < -0.3 is 34.5 Å². The Kier molecular flexibility index (Phi) is 12.6. The second kappa shape index (κ2) is 15.4. The van der Waals surface area contributed by atoms with Crippen LogP contribution in [-0.2, 0) is 49.3 Å². The monoisotopic (exact) mass is 555 g/mol. The molecule has 0 aromatic heterocycles. The minimum absolute atomic E-state index is 0.000753. The van der Waals surface area contributed by atoms with Crippen molar-refractivity contribution in [3.8, 4) is 5.75 Å². The van der Waals surface area contributed by atoms with Crippen LogP contribution in [0.4, 0.5) is 4.39 Å². The van der Waals surface area contributed by atoms with Gasteiger partial charge in [-0.05, 0) is 37.0 Å². The zero-order valence-electron chi connectivity index (χ0n) is 22.6. The molecule has 218 valence electrons. The molecule has 1 aromatic rings. The van der Waals surface area contributed by atoms with E-state index in [2.05, 4.69) is 0 Å². The van der Waals surface area contributed by atoms with Gasteiger partial charge in [-0.25, -0.2) is 9.18 Å². The van der Waals surface area contributed by atoms with Crippen LogP contribution in [-0.4, -0.2) is 72.4 Å². The molecule has 1 aliphatic heterocycles. The first kappa shape index (κ1) is 32.0. The Labute approximate surface area is 227 Å². The van der Waals surface area contributed by atoms with Crippen molar-refractivity contribution >= 4 is 23.9 Å². The van der Waals surface area contributed by atoms with Gasteiger partial charge in [-0.2, -0.15) is 0 Å². The van der Waals surface area contributed by atoms with E-state index in [1.54, 1.807) is 20.8 Å². The van der Waals surface area contributed by atoms with Gasteiger partial charge in [-0.1, -0.05) is 32.9 Å². The number of phenolic OH excluding ortho intramolecular Hbond substituents is 1. The van der Waals surface area contributed by atoms with Crippen LogP contribution in [0.15, 0.2) is 24.3 Å². The van der Waals surface area contributed by atoms with E-state index in [1.807, 2.05) is 0 Å². The highest BCUT2D eigenvalue weighted by atomic mass is 19.1. The number of carbonyl (C=O) groups is 4. The number of hydrogen-bond acceptors (Lipinski definition) is 11. The number of ether oxygens (including phenoxy) is 5. The molecular weight excluding hydrogens is 517 g/mol. The molecule has 5 atom stereocenters. The molecule has 0 spiro atoms. The second-order valence-corrected chi connectivity index (χ2v) is 9.43. The average Bonchev–Trinajstić information content (AvgIpc) is 2.89. The molecule has 1 aliphatic rings. The van der Waals surface area contributed by atoms with Gasteiger partial charge in [0.1, 0.15) is 18.0 Å². The zero-order chi connectivity index (χ0) is 29.0. The Balaban J connectivity index is 2.34. The number of esters is 4. The van der Waals surface area contributed by atoms with E-state index in [0.29, 0.717) is 24.8 Å². The molecule has 1 fully saturated rings. The van der Waals surface area contributed by atoms with E-state index >= 15 is 0 Å². The summed E-state index contributed by atoms with van der Waals surface area (Å²) in [5.41, 5.74) is 4.39. The summed E-state index contributed by atoms with van der Waals surface area (Å²) in [5.74, 6) is -3.14. The van der Waals surface area contributed by atoms with Crippen LogP contribution in [0.25, 0.3) is 0 Å². The lowest BCUT2D eigenvalue weighted by Gasteiger charge is -2.41. The summed E-state index contributed by atoms with van der Waals surface area (Å²) in [7, 11) is 0. The molecule has 2 rings (SSSR count). The van der Waals surface area contributed by atoms with Crippen molar-refractivity contribution in [2.24, 2.45) is 5.73 Å². The predicted molar refractivity (Wildman–Crippen MR) is 135 cm³/mol. The van der Waals surface area contributed by atoms with Crippen LogP contribution in [0.1, 0.15) is 64.9 Å². The molecule has 1 unspecified atom stereocenters. The minimum atomic E-state index is -2.14. The fourth-order valence-electron chi connectivity index (χ4n) is 3.85. The van der Waals surface area contributed by atoms with Crippen LogP contribution < -0.4 is 5.73 Å². The lowest BCUT2D eigenvalue weighted by molar-refractivity contribution is -0.277. The van der Waals surface area contributed by atoms with Crippen LogP contribution in [0.5, 0.6) is 5.75 Å². The molecule has 0 saturated carbocycles. The molecule has 0 amide bonds. The second-order valence-electron chi connectivity index (χ2n) is 9.43. The summed E-state index contributed by atoms with van der Waals surface area (Å²) < 4.78 is 41.6. The summed E-state index contributed by atoms with van der Waals surface area (Å²) in [6.45, 7) is 3.64. The lowest BCUT2D eigenvalue weighted by atomic mass is 9.93. The Morgan fingerprint density at radius 2 is 1.41 bits per heavy atom. The molecule has 0 radical (unpaired) electrons. The Hall–Kier alpha value is -3.25. The van der Waals surface area contributed by atoms with Crippen molar-refractivity contribution in [3.05, 3.63) is 29.8 Å². The van der Waals surface area contributed by atoms with Gasteiger partial charge in [0.2, 0.25) is 12.4 Å². The summed E-state index contributed by atoms with van der Waals surface area (Å²) in [6, 6.07) is 5.68. The fourth-order valence-corrected chi connectivity index (χ4v) is 3.85. The van der Waals surface area contributed by atoms with Crippen LogP contribution >= 0.6 is 0 Å². The standard InChI is InChI=1S/C27H38FNO10/c1-4-7-20(31)36-19-15-35-25(24(38-22(33)9-6-3)23(19)37-21(32)8-5-2)39-26(34)27(29,16-28)14-17-10-12-18(30)13-11-17/h10-13,19,23-25,30H,4-9,14-16,29H2,1-3H3/t19-,23+,24-,25+,27?/m1/s1. The normalized spacial score (nSPS) is 22.3. The maximum absolute atomic E-state index is 14.1. The van der Waals surface area contributed by atoms with Gasteiger partial charge >= 0.3 is 23.9 Å². The SMILES string of the molecule is CCCC(=O)O[C@@H]1[C@@H](OC(=O)CCC)[C@H](OC(=O)C(N)(CF)Cc2ccc(O)cc2)OC[C@H]1OC(=O)CCC. The number of phenols is 1. The van der Waals surface area contributed by atoms with Crippen molar-refractivity contribution in [2.75, 3.05) is 13.3 Å². The molecule has 39 heavy (non-hydrogen) atoms. The summed E-state index contributed by atoms with van der Waals surface area (Å²) in [5, 5.41) is 9.48. The van der Waals surface area contributed by atoms with Gasteiger partial charge in [0.25, 0.3) is 0 Å². The Morgan fingerprint density at radius 3 is 1.92 bits per heavy atom. The molecule has 11 nitrogen and oxygen atoms in total. The van der Waals surface area contributed by atoms with E-state index in [1.165, 1.54) is 24.3 Å². The highest BCUT2D eigenvalue weighted by Crippen LogP contribution is 2.28. The molecule has 1 heterocycles. The third-order valence-electron chi connectivity index (χ3n) is 5.89. The first-order chi connectivity index (χ1) is 18.6. The number of benzene rings is 1. The number of rotatable bonds is 14. The molecular formula is C27H38FNO10. The number of carbonyl (C=O) groups excluding carboxylic acids is 4. The number of nitrogens with two attached hydrogens (primary N) is 1. The van der Waals surface area contributed by atoms with E-state index in [4.69, 9.17) is 29.4 Å². The first-order valence-electron chi connectivity index (χ1n) is 13.1. The largest absolute Gasteiger partial charge is 0.508 e. The maximum Gasteiger partial charge on any atom is 0.331 e. The summed E-state index contributed by atoms with van der Waals surface area (Å²) in [4.78, 5) is 50.3. The van der Waals surface area contributed by atoms with Crippen LogP contribution in [0.3, 0.4) is 0 Å². The van der Waals surface area contributed by atoms with Crippen LogP contribution in [0, 0.1) is 0 Å². The van der Waals surface area contributed by atoms with Gasteiger partial charge in [-0.15, -0.1) is 0 Å². The quantitative estimate of drug-likeness (QED) is 0.256. The van der Waals surface area contributed by atoms with E-state index < -0.39 is 60.7 Å². The minimum Gasteiger partial charge on any atom is -0.508 e. The Bertz CT molecular complexity index is 972. The molecule has 12 heteroatoms. The predicted octanol–water partition coefficient (Wildman–Crippen LogP) is 2.64. The molecule has 0 bridgehead atoms.